The molecule has 3 amide bonds. The fraction of sp³-hybridized carbons (Fsp3) is 0.310. The Labute approximate surface area is 212 Å². The maximum absolute atomic E-state index is 13.0. The van der Waals surface area contributed by atoms with E-state index in [2.05, 4.69) is 35.4 Å². The largest absolute Gasteiger partial charge is 0.496 e. The molecule has 0 spiro atoms. The minimum Gasteiger partial charge on any atom is -0.496 e. The van der Waals surface area contributed by atoms with Crippen molar-refractivity contribution in [2.24, 2.45) is 5.73 Å². The van der Waals surface area contributed by atoms with Gasteiger partial charge in [-0.1, -0.05) is 24.3 Å². The molecule has 3 aromatic carbocycles. The van der Waals surface area contributed by atoms with Crippen LogP contribution in [0.2, 0.25) is 0 Å². The van der Waals surface area contributed by atoms with E-state index in [1.807, 2.05) is 42.5 Å². The molecular weight excluding hydrogens is 452 g/mol. The highest BCUT2D eigenvalue weighted by Crippen LogP contribution is 2.36. The molecule has 0 aliphatic carbocycles. The number of primary amides is 1. The first-order chi connectivity index (χ1) is 17.3. The Hall–Kier alpha value is -3.84. The fourth-order valence-corrected chi connectivity index (χ4v) is 4.79. The van der Waals surface area contributed by atoms with Gasteiger partial charge in [0.2, 0.25) is 0 Å². The predicted octanol–water partition coefficient (Wildman–Crippen LogP) is 5.69. The summed E-state index contributed by atoms with van der Waals surface area (Å²) in [6.07, 6.45) is 2.15. The van der Waals surface area contributed by atoms with Gasteiger partial charge in [0, 0.05) is 23.0 Å². The number of nitrogens with two attached hydrogens (primary N) is 1. The lowest BCUT2D eigenvalue weighted by Gasteiger charge is -2.35. The van der Waals surface area contributed by atoms with Crippen molar-refractivity contribution in [1.82, 2.24) is 4.90 Å². The molecule has 188 valence electrons. The van der Waals surface area contributed by atoms with Crippen LogP contribution in [0.1, 0.15) is 48.5 Å². The summed E-state index contributed by atoms with van der Waals surface area (Å²) in [6.45, 7) is 6.61. The van der Waals surface area contributed by atoms with Crippen molar-refractivity contribution in [3.63, 3.8) is 0 Å². The quantitative estimate of drug-likeness (QED) is 0.399. The van der Waals surface area contributed by atoms with Gasteiger partial charge in [0.25, 0.3) is 5.91 Å². The number of nitrogens with zero attached hydrogens (tertiary/aromatic N) is 1. The lowest BCUT2D eigenvalue weighted by Crippen LogP contribution is -2.37. The number of nitrogens with one attached hydrogen (secondary N) is 2. The number of urea groups is 1. The van der Waals surface area contributed by atoms with E-state index in [0.717, 1.165) is 54.1 Å². The van der Waals surface area contributed by atoms with E-state index in [1.165, 1.54) is 0 Å². The smallest absolute Gasteiger partial charge is 0.316 e. The van der Waals surface area contributed by atoms with Gasteiger partial charge in [-0.15, -0.1) is 0 Å². The third-order valence-corrected chi connectivity index (χ3v) is 6.80. The summed E-state index contributed by atoms with van der Waals surface area (Å²) in [7, 11) is 1.70. The van der Waals surface area contributed by atoms with Crippen molar-refractivity contribution in [2.75, 3.05) is 30.8 Å². The summed E-state index contributed by atoms with van der Waals surface area (Å²) < 4.78 is 5.65. The van der Waals surface area contributed by atoms with E-state index >= 15 is 0 Å². The average Bonchev–Trinajstić information content (AvgIpc) is 2.88. The van der Waals surface area contributed by atoms with E-state index in [4.69, 9.17) is 10.5 Å². The van der Waals surface area contributed by atoms with Crippen LogP contribution in [0.3, 0.4) is 0 Å². The standard InChI is InChI=1S/C29H34N4O3/c1-19(2)33-15-13-21(14-16-33)26-18-25(11-12-27(26)36-3)31-28(34)22-9-7-20(8-10-22)23-5-4-6-24(17-23)32-29(30)35/h4-12,17-19,21H,13-16H2,1-3H3,(H,31,34)(H3,30,32,35). The van der Waals surface area contributed by atoms with Gasteiger partial charge in [0.05, 0.1) is 7.11 Å². The molecule has 0 aromatic heterocycles. The number of methoxy groups -OCH3 is 1. The second-order valence-electron chi connectivity index (χ2n) is 9.46. The summed E-state index contributed by atoms with van der Waals surface area (Å²) in [5.74, 6) is 1.11. The number of carbonyl (C=O) groups is 2. The number of rotatable bonds is 7. The first kappa shape index (κ1) is 25.3. The van der Waals surface area contributed by atoms with Crippen molar-refractivity contribution in [3.8, 4) is 16.9 Å². The van der Waals surface area contributed by atoms with Crippen molar-refractivity contribution in [1.29, 1.82) is 0 Å². The normalized spacial score (nSPS) is 14.4. The van der Waals surface area contributed by atoms with Crippen LogP contribution >= 0.6 is 0 Å². The van der Waals surface area contributed by atoms with Crippen LogP contribution in [-0.2, 0) is 0 Å². The summed E-state index contributed by atoms with van der Waals surface area (Å²) >= 11 is 0. The van der Waals surface area contributed by atoms with Crippen molar-refractivity contribution in [2.45, 2.75) is 38.6 Å². The Bertz CT molecular complexity index is 1220. The number of benzene rings is 3. The Morgan fingerprint density at radius 1 is 0.917 bits per heavy atom. The number of likely N-dealkylation sites (tertiary alicyclic amines) is 1. The van der Waals surface area contributed by atoms with Crippen molar-refractivity contribution >= 4 is 23.3 Å². The van der Waals surface area contributed by atoms with Crippen LogP contribution in [0.15, 0.2) is 66.7 Å². The molecule has 7 nitrogen and oxygen atoms in total. The number of amides is 3. The van der Waals surface area contributed by atoms with Crippen molar-refractivity contribution < 1.29 is 14.3 Å². The van der Waals surface area contributed by atoms with Gasteiger partial charge >= 0.3 is 6.03 Å². The molecule has 36 heavy (non-hydrogen) atoms. The zero-order chi connectivity index (χ0) is 25.7. The molecule has 1 aliphatic rings. The third-order valence-electron chi connectivity index (χ3n) is 6.80. The van der Waals surface area contributed by atoms with Gasteiger partial charge in [-0.05, 0) is 105 Å². The van der Waals surface area contributed by atoms with Gasteiger partial charge in [-0.25, -0.2) is 4.79 Å². The van der Waals surface area contributed by atoms with Crippen molar-refractivity contribution in [3.05, 3.63) is 77.9 Å². The Morgan fingerprint density at radius 2 is 1.61 bits per heavy atom. The van der Waals surface area contributed by atoms with E-state index < -0.39 is 6.03 Å². The zero-order valence-electron chi connectivity index (χ0n) is 21.1. The molecule has 1 fully saturated rings. The number of hydrogen-bond donors (Lipinski definition) is 3. The lowest BCUT2D eigenvalue weighted by molar-refractivity contribution is 0.102. The molecule has 3 aromatic rings. The lowest BCUT2D eigenvalue weighted by atomic mass is 9.88. The first-order valence-corrected chi connectivity index (χ1v) is 12.3. The highest BCUT2D eigenvalue weighted by atomic mass is 16.5. The van der Waals surface area contributed by atoms with Crippen LogP contribution in [-0.4, -0.2) is 43.1 Å². The van der Waals surface area contributed by atoms with Gasteiger partial charge in [-0.2, -0.15) is 0 Å². The van der Waals surface area contributed by atoms with Crippen LogP contribution in [0.4, 0.5) is 16.2 Å². The maximum Gasteiger partial charge on any atom is 0.316 e. The molecule has 0 atom stereocenters. The molecule has 0 radical (unpaired) electrons. The molecule has 1 aliphatic heterocycles. The molecule has 1 heterocycles. The monoisotopic (exact) mass is 486 g/mol. The molecule has 0 unspecified atom stereocenters. The molecular formula is C29H34N4O3. The van der Waals surface area contributed by atoms with Gasteiger partial charge in [-0.3, -0.25) is 4.79 Å². The zero-order valence-corrected chi connectivity index (χ0v) is 21.1. The van der Waals surface area contributed by atoms with Crippen LogP contribution < -0.4 is 21.1 Å². The van der Waals surface area contributed by atoms with E-state index in [1.54, 1.807) is 25.3 Å². The van der Waals surface area contributed by atoms with Crippen LogP contribution in [0.25, 0.3) is 11.1 Å². The Morgan fingerprint density at radius 3 is 2.25 bits per heavy atom. The fourth-order valence-electron chi connectivity index (χ4n) is 4.79. The van der Waals surface area contributed by atoms with Gasteiger partial charge < -0.3 is 26.0 Å². The molecule has 1 saturated heterocycles. The summed E-state index contributed by atoms with van der Waals surface area (Å²) in [5.41, 5.74) is 10.1. The molecule has 0 saturated carbocycles. The van der Waals surface area contributed by atoms with E-state index in [0.29, 0.717) is 23.2 Å². The van der Waals surface area contributed by atoms with Crippen LogP contribution in [0.5, 0.6) is 5.75 Å². The molecule has 4 N–H and O–H groups in total. The second-order valence-corrected chi connectivity index (χ2v) is 9.46. The number of hydrogen-bond acceptors (Lipinski definition) is 4. The summed E-state index contributed by atoms with van der Waals surface area (Å²) in [4.78, 5) is 26.6. The number of ether oxygens (including phenoxy) is 1. The SMILES string of the molecule is COc1ccc(NC(=O)c2ccc(-c3cccc(NC(N)=O)c3)cc2)cc1C1CCN(C(C)C)CC1. The molecule has 0 bridgehead atoms. The highest BCUT2D eigenvalue weighted by molar-refractivity contribution is 6.04. The second kappa shape index (κ2) is 11.3. The number of anilines is 2. The summed E-state index contributed by atoms with van der Waals surface area (Å²) in [5, 5.41) is 5.62. The predicted molar refractivity (Wildman–Crippen MR) is 145 cm³/mol. The van der Waals surface area contributed by atoms with Crippen LogP contribution in [0, 0.1) is 0 Å². The first-order valence-electron chi connectivity index (χ1n) is 12.3. The van der Waals surface area contributed by atoms with E-state index in [9.17, 15) is 9.59 Å². The summed E-state index contributed by atoms with van der Waals surface area (Å²) in [6, 6.07) is 20.6. The number of piperidine rings is 1. The molecule has 7 heteroatoms. The van der Waals surface area contributed by atoms with Gasteiger partial charge in [0.1, 0.15) is 5.75 Å². The topological polar surface area (TPSA) is 96.7 Å². The molecule has 4 rings (SSSR count). The Kier molecular flexibility index (Phi) is 7.90. The Balaban J connectivity index is 1.46. The number of carbonyl (C=O) groups excluding carboxylic acids is 2. The highest BCUT2D eigenvalue weighted by Gasteiger charge is 2.24. The third kappa shape index (κ3) is 6.04. The van der Waals surface area contributed by atoms with E-state index in [-0.39, 0.29) is 5.91 Å². The minimum atomic E-state index is -0.609. The average molecular weight is 487 g/mol. The minimum absolute atomic E-state index is 0.170. The van der Waals surface area contributed by atoms with Gasteiger partial charge in [0.15, 0.2) is 0 Å². The maximum atomic E-state index is 13.0.